The molecule has 1 aromatic carbocycles. The van der Waals surface area contributed by atoms with Gasteiger partial charge in [-0.25, -0.2) is 0 Å². The number of quaternary nitrogens is 1. The number of nitrogens with zero attached hydrogens (tertiary/aromatic N) is 1. The van der Waals surface area contributed by atoms with Crippen molar-refractivity contribution in [1.29, 1.82) is 0 Å². The highest BCUT2D eigenvalue weighted by Crippen LogP contribution is 2.24. The third kappa shape index (κ3) is 2.68. The van der Waals surface area contributed by atoms with Crippen LogP contribution in [0, 0.1) is 0 Å². The summed E-state index contributed by atoms with van der Waals surface area (Å²) in [7, 11) is 2.30. The van der Waals surface area contributed by atoms with Crippen LogP contribution in [0.4, 0.5) is 5.69 Å². The Bertz CT molecular complexity index is 396. The van der Waals surface area contributed by atoms with Crippen molar-refractivity contribution < 1.29 is 4.90 Å². The number of hydrogen-bond acceptors (Lipinski definition) is 2. The van der Waals surface area contributed by atoms with Gasteiger partial charge in [0.25, 0.3) is 0 Å². The van der Waals surface area contributed by atoms with Crippen LogP contribution in [0.1, 0.15) is 12.0 Å². The molecule has 0 saturated carbocycles. The third-order valence-corrected chi connectivity index (χ3v) is 4.33. The van der Waals surface area contributed by atoms with Gasteiger partial charge in [-0.15, -0.1) is 0 Å². The second-order valence-electron chi connectivity index (χ2n) is 5.79. The van der Waals surface area contributed by atoms with Crippen LogP contribution in [0.25, 0.3) is 0 Å². The van der Waals surface area contributed by atoms with E-state index in [9.17, 15) is 0 Å². The van der Waals surface area contributed by atoms with E-state index in [0.717, 1.165) is 0 Å². The van der Waals surface area contributed by atoms with Gasteiger partial charge in [-0.2, -0.15) is 0 Å². The molecule has 1 atom stereocenters. The molecule has 1 aromatic rings. The fourth-order valence-corrected chi connectivity index (χ4v) is 3.07. The third-order valence-electron chi connectivity index (χ3n) is 4.33. The SMILES string of the molecule is C[NH+]1CCN(CC2CCc3ccccc3N2)CC1. The molecule has 3 nitrogen and oxygen atoms in total. The van der Waals surface area contributed by atoms with Crippen molar-refractivity contribution in [2.75, 3.05) is 45.1 Å². The molecule has 0 radical (unpaired) electrons. The van der Waals surface area contributed by atoms with Crippen LogP contribution >= 0.6 is 0 Å². The van der Waals surface area contributed by atoms with E-state index in [2.05, 4.69) is 41.5 Å². The number of benzene rings is 1. The molecule has 3 heteroatoms. The molecule has 2 N–H and O–H groups in total. The van der Waals surface area contributed by atoms with E-state index in [0.29, 0.717) is 6.04 Å². The predicted octanol–water partition coefficient (Wildman–Crippen LogP) is 0.244. The number of likely N-dealkylation sites (N-methyl/N-ethyl adjacent to an activating group) is 1. The average molecular weight is 246 g/mol. The molecule has 0 spiro atoms. The molecule has 0 amide bonds. The Balaban J connectivity index is 1.56. The highest BCUT2D eigenvalue weighted by atomic mass is 15.3. The molecule has 18 heavy (non-hydrogen) atoms. The van der Waals surface area contributed by atoms with Crippen LogP contribution in [0.5, 0.6) is 0 Å². The Labute approximate surface area is 110 Å². The minimum atomic E-state index is 0.637. The lowest BCUT2D eigenvalue weighted by molar-refractivity contribution is -0.884. The van der Waals surface area contributed by atoms with E-state index in [-0.39, 0.29) is 0 Å². The molecular weight excluding hydrogens is 222 g/mol. The molecule has 98 valence electrons. The zero-order valence-corrected chi connectivity index (χ0v) is 11.3. The Morgan fingerprint density at radius 1 is 1.28 bits per heavy atom. The van der Waals surface area contributed by atoms with E-state index in [1.807, 2.05) is 0 Å². The Kier molecular flexibility index (Phi) is 3.52. The van der Waals surface area contributed by atoms with Crippen molar-refractivity contribution in [3.05, 3.63) is 29.8 Å². The number of rotatable bonds is 2. The lowest BCUT2D eigenvalue weighted by Crippen LogP contribution is -3.12. The molecular formula is C15H24N3+. The Hall–Kier alpha value is -1.06. The Morgan fingerprint density at radius 3 is 2.89 bits per heavy atom. The van der Waals surface area contributed by atoms with Crippen molar-refractivity contribution in [2.24, 2.45) is 0 Å². The highest BCUT2D eigenvalue weighted by Gasteiger charge is 2.22. The van der Waals surface area contributed by atoms with Crippen molar-refractivity contribution >= 4 is 5.69 Å². The first-order valence-electron chi connectivity index (χ1n) is 7.19. The zero-order chi connectivity index (χ0) is 12.4. The molecule has 2 aliphatic heterocycles. The molecule has 3 rings (SSSR count). The summed E-state index contributed by atoms with van der Waals surface area (Å²) in [4.78, 5) is 4.30. The van der Waals surface area contributed by atoms with Crippen LogP contribution < -0.4 is 10.2 Å². The lowest BCUT2D eigenvalue weighted by Gasteiger charge is -2.35. The standard InChI is InChI=1S/C15H23N3/c1-17-8-10-18(11-9-17)12-14-7-6-13-4-2-3-5-15(13)16-14/h2-5,14,16H,6-12H2,1H3/p+1. The van der Waals surface area contributed by atoms with Crippen LogP contribution in [-0.2, 0) is 6.42 Å². The molecule has 0 aliphatic carbocycles. The predicted molar refractivity (Wildman–Crippen MR) is 75.2 cm³/mol. The second kappa shape index (κ2) is 5.29. The van der Waals surface area contributed by atoms with Crippen molar-refractivity contribution in [3.8, 4) is 0 Å². The molecule has 0 aromatic heterocycles. The maximum Gasteiger partial charge on any atom is 0.0898 e. The molecule has 1 unspecified atom stereocenters. The molecule has 0 bridgehead atoms. The highest BCUT2D eigenvalue weighted by molar-refractivity contribution is 5.53. The van der Waals surface area contributed by atoms with Gasteiger partial charge in [0.1, 0.15) is 0 Å². The van der Waals surface area contributed by atoms with Crippen LogP contribution in [0.3, 0.4) is 0 Å². The van der Waals surface area contributed by atoms with Gasteiger partial charge in [-0.05, 0) is 24.5 Å². The topological polar surface area (TPSA) is 19.7 Å². The number of anilines is 1. The normalized spacial score (nSPS) is 25.5. The molecule has 1 fully saturated rings. The van der Waals surface area contributed by atoms with Crippen LogP contribution in [-0.4, -0.2) is 50.7 Å². The van der Waals surface area contributed by atoms with Gasteiger partial charge in [-0.3, -0.25) is 4.90 Å². The minimum absolute atomic E-state index is 0.637. The quantitative estimate of drug-likeness (QED) is 0.779. The first-order chi connectivity index (χ1) is 8.81. The molecule has 1 saturated heterocycles. The summed E-state index contributed by atoms with van der Waals surface area (Å²) in [6.45, 7) is 6.31. The summed E-state index contributed by atoms with van der Waals surface area (Å²) in [5, 5.41) is 3.71. The van der Waals surface area contributed by atoms with Crippen molar-refractivity contribution in [3.63, 3.8) is 0 Å². The molecule has 2 heterocycles. The van der Waals surface area contributed by atoms with Gasteiger partial charge in [0.05, 0.1) is 20.1 Å². The maximum atomic E-state index is 3.71. The van der Waals surface area contributed by atoms with Gasteiger partial charge >= 0.3 is 0 Å². The number of para-hydroxylation sites is 1. The van der Waals surface area contributed by atoms with Crippen molar-refractivity contribution in [2.45, 2.75) is 18.9 Å². The number of piperazine rings is 1. The smallest absolute Gasteiger partial charge is 0.0898 e. The Morgan fingerprint density at radius 2 is 2.06 bits per heavy atom. The fourth-order valence-electron chi connectivity index (χ4n) is 3.07. The largest absolute Gasteiger partial charge is 0.381 e. The average Bonchev–Trinajstić information content (AvgIpc) is 2.41. The summed E-state index contributed by atoms with van der Waals surface area (Å²) >= 11 is 0. The lowest BCUT2D eigenvalue weighted by atomic mass is 9.98. The van der Waals surface area contributed by atoms with E-state index in [1.54, 1.807) is 4.90 Å². The van der Waals surface area contributed by atoms with Crippen LogP contribution in [0.15, 0.2) is 24.3 Å². The summed E-state index contributed by atoms with van der Waals surface area (Å²) in [6, 6.07) is 9.38. The number of nitrogens with one attached hydrogen (secondary N) is 2. The minimum Gasteiger partial charge on any atom is -0.381 e. The van der Waals surface area contributed by atoms with Gasteiger partial charge < -0.3 is 10.2 Å². The zero-order valence-electron chi connectivity index (χ0n) is 11.3. The number of fused-ring (bicyclic) bond motifs is 1. The first-order valence-corrected chi connectivity index (χ1v) is 7.19. The summed E-state index contributed by atoms with van der Waals surface area (Å²) in [5.74, 6) is 0. The van der Waals surface area contributed by atoms with E-state index in [1.165, 1.54) is 56.8 Å². The summed E-state index contributed by atoms with van der Waals surface area (Å²) < 4.78 is 0. The van der Waals surface area contributed by atoms with Gasteiger partial charge in [0.2, 0.25) is 0 Å². The monoisotopic (exact) mass is 246 g/mol. The van der Waals surface area contributed by atoms with Crippen molar-refractivity contribution in [1.82, 2.24) is 4.90 Å². The molecule has 2 aliphatic rings. The van der Waals surface area contributed by atoms with Gasteiger partial charge in [0.15, 0.2) is 0 Å². The van der Waals surface area contributed by atoms with E-state index >= 15 is 0 Å². The summed E-state index contributed by atoms with van der Waals surface area (Å²) in [6.07, 6.45) is 2.50. The maximum absolute atomic E-state index is 3.71. The fraction of sp³-hybridized carbons (Fsp3) is 0.600. The van der Waals surface area contributed by atoms with Crippen LogP contribution in [0.2, 0.25) is 0 Å². The summed E-state index contributed by atoms with van der Waals surface area (Å²) in [5.41, 5.74) is 2.84. The first kappa shape index (κ1) is 12.0. The van der Waals surface area contributed by atoms with E-state index in [4.69, 9.17) is 0 Å². The number of aryl methyl sites for hydroxylation is 1. The van der Waals surface area contributed by atoms with E-state index < -0.39 is 0 Å². The second-order valence-corrected chi connectivity index (χ2v) is 5.79. The van der Waals surface area contributed by atoms with Gasteiger partial charge in [-0.1, -0.05) is 18.2 Å². The van der Waals surface area contributed by atoms with Gasteiger partial charge in [0, 0.05) is 31.4 Å². The number of hydrogen-bond donors (Lipinski definition) is 2.